The number of hydrogen-bond acceptors (Lipinski definition) is 4. The molecule has 7 nitrogen and oxygen atoms in total. The number of nitrogens with zero attached hydrogens (tertiary/aromatic N) is 3. The fourth-order valence-corrected chi connectivity index (χ4v) is 2.16. The average Bonchev–Trinajstić information content (AvgIpc) is 2.87. The van der Waals surface area contributed by atoms with Crippen LogP contribution >= 0.6 is 0 Å². The SMILES string of the molecule is Cn1cc(NC(=O)CN2C(=O)COc3ccccc32)cn1. The molecule has 21 heavy (non-hydrogen) atoms. The smallest absolute Gasteiger partial charge is 0.265 e. The number of amides is 2. The third-order valence-electron chi connectivity index (χ3n) is 3.10. The molecule has 0 fully saturated rings. The summed E-state index contributed by atoms with van der Waals surface area (Å²) in [5.41, 5.74) is 1.20. The van der Waals surface area contributed by atoms with Crippen molar-refractivity contribution in [1.29, 1.82) is 0 Å². The summed E-state index contributed by atoms with van der Waals surface area (Å²) in [5, 5.41) is 6.67. The first-order valence-electron chi connectivity index (χ1n) is 6.44. The normalized spacial score (nSPS) is 13.6. The van der Waals surface area contributed by atoms with E-state index >= 15 is 0 Å². The van der Waals surface area contributed by atoms with Gasteiger partial charge in [-0.15, -0.1) is 0 Å². The van der Waals surface area contributed by atoms with Crippen LogP contribution in [-0.2, 0) is 16.6 Å². The summed E-state index contributed by atoms with van der Waals surface area (Å²) in [7, 11) is 1.76. The van der Waals surface area contributed by atoms with Crippen LogP contribution in [0.1, 0.15) is 0 Å². The van der Waals surface area contributed by atoms with Crippen LogP contribution in [0.3, 0.4) is 0 Å². The quantitative estimate of drug-likeness (QED) is 0.904. The van der Waals surface area contributed by atoms with Crippen LogP contribution in [-0.4, -0.2) is 34.7 Å². The Hall–Kier alpha value is -2.83. The van der Waals surface area contributed by atoms with Gasteiger partial charge in [-0.1, -0.05) is 12.1 Å². The number of carbonyl (C=O) groups excluding carboxylic acids is 2. The lowest BCUT2D eigenvalue weighted by Crippen LogP contribution is -2.43. The number of anilines is 2. The molecule has 108 valence electrons. The molecule has 3 rings (SSSR count). The number of benzene rings is 1. The number of aromatic nitrogens is 2. The second-order valence-corrected chi connectivity index (χ2v) is 4.69. The largest absolute Gasteiger partial charge is 0.482 e. The summed E-state index contributed by atoms with van der Waals surface area (Å²) in [6.45, 7) is -0.120. The van der Waals surface area contributed by atoms with Crippen LogP contribution in [0.2, 0.25) is 0 Å². The average molecular weight is 286 g/mol. The number of nitrogens with one attached hydrogen (secondary N) is 1. The Morgan fingerprint density at radius 3 is 3.00 bits per heavy atom. The predicted molar refractivity (Wildman–Crippen MR) is 76.1 cm³/mol. The molecule has 0 unspecified atom stereocenters. The number of fused-ring (bicyclic) bond motifs is 1. The van der Waals surface area contributed by atoms with Crippen LogP contribution in [0.25, 0.3) is 0 Å². The Kier molecular flexibility index (Phi) is 3.31. The van der Waals surface area contributed by atoms with Crippen molar-refractivity contribution in [3.05, 3.63) is 36.7 Å². The number of para-hydroxylation sites is 2. The van der Waals surface area contributed by atoms with Crippen molar-refractivity contribution in [3.8, 4) is 5.75 Å². The third kappa shape index (κ3) is 2.71. The van der Waals surface area contributed by atoms with E-state index in [9.17, 15) is 9.59 Å². The molecule has 1 aromatic carbocycles. The van der Waals surface area contributed by atoms with Crippen LogP contribution in [0.4, 0.5) is 11.4 Å². The van der Waals surface area contributed by atoms with Crippen LogP contribution in [0.5, 0.6) is 5.75 Å². The van der Waals surface area contributed by atoms with Crippen molar-refractivity contribution < 1.29 is 14.3 Å². The molecule has 0 atom stereocenters. The van der Waals surface area contributed by atoms with Gasteiger partial charge in [-0.3, -0.25) is 19.2 Å². The molecular formula is C14H14N4O3. The zero-order valence-electron chi connectivity index (χ0n) is 11.4. The van der Waals surface area contributed by atoms with Crippen molar-refractivity contribution in [2.75, 3.05) is 23.4 Å². The van der Waals surface area contributed by atoms with Gasteiger partial charge in [0.15, 0.2) is 6.61 Å². The molecule has 2 heterocycles. The molecule has 0 saturated heterocycles. The topological polar surface area (TPSA) is 76.5 Å². The van der Waals surface area contributed by atoms with E-state index in [4.69, 9.17) is 4.74 Å². The highest BCUT2D eigenvalue weighted by Gasteiger charge is 2.26. The second-order valence-electron chi connectivity index (χ2n) is 4.69. The van der Waals surface area contributed by atoms with Crippen LogP contribution in [0, 0.1) is 0 Å². The van der Waals surface area contributed by atoms with E-state index in [-0.39, 0.29) is 25.0 Å². The third-order valence-corrected chi connectivity index (χ3v) is 3.10. The molecule has 0 bridgehead atoms. The van der Waals surface area contributed by atoms with E-state index in [1.165, 1.54) is 4.90 Å². The van der Waals surface area contributed by atoms with Crippen LogP contribution < -0.4 is 15.0 Å². The standard InChI is InChI=1S/C14H14N4O3/c1-17-7-10(6-15-17)16-13(19)8-18-11-4-2-3-5-12(11)21-9-14(18)20/h2-7H,8-9H2,1H3,(H,16,19). The first kappa shape index (κ1) is 13.2. The highest BCUT2D eigenvalue weighted by molar-refractivity contribution is 6.04. The molecular weight excluding hydrogens is 272 g/mol. The number of aryl methyl sites for hydroxylation is 1. The first-order chi connectivity index (χ1) is 10.1. The van der Waals surface area contributed by atoms with Crippen molar-refractivity contribution in [1.82, 2.24) is 9.78 Å². The summed E-state index contributed by atoms with van der Waals surface area (Å²) in [4.78, 5) is 25.4. The summed E-state index contributed by atoms with van der Waals surface area (Å²) in [6, 6.07) is 7.15. The summed E-state index contributed by atoms with van der Waals surface area (Å²) in [6.07, 6.45) is 3.24. The Labute approximate surface area is 121 Å². The Morgan fingerprint density at radius 2 is 2.24 bits per heavy atom. The van der Waals surface area contributed by atoms with Gasteiger partial charge in [-0.2, -0.15) is 5.10 Å². The highest BCUT2D eigenvalue weighted by atomic mass is 16.5. The molecule has 1 aromatic heterocycles. The number of carbonyl (C=O) groups is 2. The van der Waals surface area contributed by atoms with Gasteiger partial charge < -0.3 is 10.1 Å². The molecule has 0 aliphatic carbocycles. The zero-order chi connectivity index (χ0) is 14.8. The van der Waals surface area contributed by atoms with E-state index in [1.807, 2.05) is 6.07 Å². The predicted octanol–water partition coefficient (Wildman–Crippen LogP) is 0.784. The second kappa shape index (κ2) is 5.28. The Bertz CT molecular complexity index is 695. The lowest BCUT2D eigenvalue weighted by molar-refractivity contribution is -0.123. The van der Waals surface area contributed by atoms with E-state index in [0.717, 1.165) is 0 Å². The van der Waals surface area contributed by atoms with Crippen molar-refractivity contribution in [3.63, 3.8) is 0 Å². The molecule has 1 aliphatic heterocycles. The molecule has 0 spiro atoms. The number of ether oxygens (including phenoxy) is 1. The van der Waals surface area contributed by atoms with Gasteiger partial charge in [0, 0.05) is 13.2 Å². The molecule has 7 heteroatoms. The van der Waals surface area contributed by atoms with Crippen molar-refractivity contribution in [2.45, 2.75) is 0 Å². The zero-order valence-corrected chi connectivity index (χ0v) is 11.4. The van der Waals surface area contributed by atoms with Gasteiger partial charge >= 0.3 is 0 Å². The fourth-order valence-electron chi connectivity index (χ4n) is 2.16. The molecule has 0 radical (unpaired) electrons. The summed E-state index contributed by atoms with van der Waals surface area (Å²) in [5.74, 6) is 0.0781. The van der Waals surface area contributed by atoms with Crippen molar-refractivity contribution >= 4 is 23.2 Å². The van der Waals surface area contributed by atoms with E-state index in [0.29, 0.717) is 17.1 Å². The van der Waals surface area contributed by atoms with Crippen LogP contribution in [0.15, 0.2) is 36.7 Å². The van der Waals surface area contributed by atoms with E-state index in [1.54, 1.807) is 42.3 Å². The van der Waals surface area contributed by atoms with Gasteiger partial charge in [0.1, 0.15) is 12.3 Å². The molecule has 1 aliphatic rings. The van der Waals surface area contributed by atoms with Gasteiger partial charge in [0.25, 0.3) is 5.91 Å². The van der Waals surface area contributed by atoms with Gasteiger partial charge in [-0.25, -0.2) is 0 Å². The van der Waals surface area contributed by atoms with Gasteiger partial charge in [0.05, 0.1) is 17.6 Å². The molecule has 2 aromatic rings. The lowest BCUT2D eigenvalue weighted by Gasteiger charge is -2.28. The van der Waals surface area contributed by atoms with Crippen molar-refractivity contribution in [2.24, 2.45) is 7.05 Å². The van der Waals surface area contributed by atoms with E-state index < -0.39 is 0 Å². The highest BCUT2D eigenvalue weighted by Crippen LogP contribution is 2.31. The molecule has 0 saturated carbocycles. The number of hydrogen-bond donors (Lipinski definition) is 1. The Balaban J connectivity index is 1.74. The fraction of sp³-hybridized carbons (Fsp3) is 0.214. The van der Waals surface area contributed by atoms with Gasteiger partial charge in [0.2, 0.25) is 5.91 Å². The molecule has 1 N–H and O–H groups in total. The van der Waals surface area contributed by atoms with Gasteiger partial charge in [-0.05, 0) is 12.1 Å². The Morgan fingerprint density at radius 1 is 1.43 bits per heavy atom. The molecule has 2 amide bonds. The first-order valence-corrected chi connectivity index (χ1v) is 6.44. The maximum atomic E-state index is 12.1. The lowest BCUT2D eigenvalue weighted by atomic mass is 10.2. The summed E-state index contributed by atoms with van der Waals surface area (Å²) >= 11 is 0. The minimum Gasteiger partial charge on any atom is -0.482 e. The van der Waals surface area contributed by atoms with E-state index in [2.05, 4.69) is 10.4 Å². The maximum absolute atomic E-state index is 12.1. The minimum absolute atomic E-state index is 0.0583. The minimum atomic E-state index is -0.284. The monoisotopic (exact) mass is 286 g/mol. The number of rotatable bonds is 3. The summed E-state index contributed by atoms with van der Waals surface area (Å²) < 4.78 is 6.92. The maximum Gasteiger partial charge on any atom is 0.265 e.